The minimum Gasteiger partial charge on any atom is -0.481 e. The summed E-state index contributed by atoms with van der Waals surface area (Å²) >= 11 is 0. The molecule has 1 fully saturated rings. The van der Waals surface area contributed by atoms with Crippen LogP contribution in [-0.4, -0.2) is 49.7 Å². The van der Waals surface area contributed by atoms with E-state index in [0.29, 0.717) is 22.7 Å². The molecule has 0 radical (unpaired) electrons. The number of piperazine rings is 1. The second-order valence-electron chi connectivity index (χ2n) is 6.66. The molecule has 1 aliphatic heterocycles. The zero-order chi connectivity index (χ0) is 18.8. The summed E-state index contributed by atoms with van der Waals surface area (Å²) < 4.78 is 10.8. The predicted octanol–water partition coefficient (Wildman–Crippen LogP) is 3.01. The van der Waals surface area contributed by atoms with Crippen LogP contribution in [0.5, 0.6) is 5.88 Å². The van der Waals surface area contributed by atoms with Crippen LogP contribution in [0.15, 0.2) is 51.7 Å². The molecule has 3 aromatic rings. The molecule has 6 heteroatoms. The van der Waals surface area contributed by atoms with Crippen LogP contribution in [0.2, 0.25) is 0 Å². The first-order valence-electron chi connectivity index (χ1n) is 9.24. The highest BCUT2D eigenvalue weighted by atomic mass is 16.5. The number of nitrogens with zero attached hydrogens (tertiary/aromatic N) is 3. The molecule has 0 saturated carbocycles. The molecule has 3 heterocycles. The van der Waals surface area contributed by atoms with Crippen molar-refractivity contribution in [1.29, 1.82) is 0 Å². The summed E-state index contributed by atoms with van der Waals surface area (Å²) in [5.74, 6) is 0.466. The molecule has 0 N–H and O–H groups in total. The van der Waals surface area contributed by atoms with Crippen molar-refractivity contribution in [1.82, 2.24) is 9.88 Å². The van der Waals surface area contributed by atoms with Gasteiger partial charge in [0.25, 0.3) is 0 Å². The van der Waals surface area contributed by atoms with E-state index in [1.165, 1.54) is 0 Å². The van der Waals surface area contributed by atoms with Crippen LogP contribution in [-0.2, 0) is 0 Å². The smallest absolute Gasteiger partial charge is 0.345 e. The third-order valence-electron chi connectivity index (χ3n) is 5.11. The Morgan fingerprint density at radius 2 is 1.93 bits per heavy atom. The lowest BCUT2D eigenvalue weighted by atomic mass is 10.1. The number of methoxy groups -OCH3 is 1. The highest BCUT2D eigenvalue weighted by molar-refractivity contribution is 5.84. The van der Waals surface area contributed by atoms with Gasteiger partial charge in [-0.2, -0.15) is 0 Å². The standard InChI is InChI=1S/C21H23N3O3/c1-3-23-9-11-24(12-10-23)16-8-7-15-13-17(21(25)27-19(15)14-16)18-5-4-6-20(22-18)26-2/h4-8,13-14H,3,9-12H2,1-2H3. The predicted molar refractivity (Wildman–Crippen MR) is 107 cm³/mol. The van der Waals surface area contributed by atoms with Gasteiger partial charge >= 0.3 is 5.63 Å². The van der Waals surface area contributed by atoms with Gasteiger partial charge in [-0.3, -0.25) is 0 Å². The van der Waals surface area contributed by atoms with Gasteiger partial charge in [-0.25, -0.2) is 9.78 Å². The van der Waals surface area contributed by atoms with Gasteiger partial charge in [-0.1, -0.05) is 13.0 Å². The summed E-state index contributed by atoms with van der Waals surface area (Å²) in [5.41, 5.74) is 2.28. The molecule has 0 amide bonds. The summed E-state index contributed by atoms with van der Waals surface area (Å²) in [4.78, 5) is 21.6. The first-order chi connectivity index (χ1) is 13.2. The number of benzene rings is 1. The number of hydrogen-bond acceptors (Lipinski definition) is 6. The van der Waals surface area contributed by atoms with Gasteiger partial charge in [0.1, 0.15) is 5.58 Å². The van der Waals surface area contributed by atoms with Gasteiger partial charge < -0.3 is 19.0 Å². The maximum Gasteiger partial charge on any atom is 0.345 e. The summed E-state index contributed by atoms with van der Waals surface area (Å²) in [6.45, 7) is 7.35. The molecule has 1 aliphatic rings. The van der Waals surface area contributed by atoms with Crippen LogP contribution >= 0.6 is 0 Å². The second-order valence-corrected chi connectivity index (χ2v) is 6.66. The first-order valence-corrected chi connectivity index (χ1v) is 9.24. The van der Waals surface area contributed by atoms with E-state index in [0.717, 1.165) is 43.8 Å². The van der Waals surface area contributed by atoms with E-state index >= 15 is 0 Å². The molecular weight excluding hydrogens is 342 g/mol. The number of hydrogen-bond donors (Lipinski definition) is 0. The van der Waals surface area contributed by atoms with Gasteiger partial charge in [-0.05, 0) is 30.8 Å². The number of anilines is 1. The van der Waals surface area contributed by atoms with E-state index in [9.17, 15) is 4.79 Å². The molecule has 0 unspecified atom stereocenters. The Labute approximate surface area is 158 Å². The van der Waals surface area contributed by atoms with Crippen LogP contribution in [0.25, 0.3) is 22.2 Å². The fourth-order valence-corrected chi connectivity index (χ4v) is 3.48. The molecule has 0 aliphatic carbocycles. The number of rotatable bonds is 4. The lowest BCUT2D eigenvalue weighted by molar-refractivity contribution is 0.271. The zero-order valence-corrected chi connectivity index (χ0v) is 15.6. The zero-order valence-electron chi connectivity index (χ0n) is 15.6. The summed E-state index contributed by atoms with van der Waals surface area (Å²) in [6.07, 6.45) is 0. The average Bonchev–Trinajstić information content (AvgIpc) is 2.73. The van der Waals surface area contributed by atoms with Crippen LogP contribution in [0.1, 0.15) is 6.92 Å². The molecule has 4 rings (SSSR count). The minimum absolute atomic E-state index is 0.392. The Morgan fingerprint density at radius 1 is 1.11 bits per heavy atom. The molecule has 0 atom stereocenters. The second kappa shape index (κ2) is 7.40. The van der Waals surface area contributed by atoms with E-state index < -0.39 is 5.63 Å². The van der Waals surface area contributed by atoms with Crippen molar-refractivity contribution in [3.8, 4) is 17.1 Å². The Morgan fingerprint density at radius 3 is 2.67 bits per heavy atom. The number of aromatic nitrogens is 1. The Balaban J connectivity index is 1.67. The van der Waals surface area contributed by atoms with Crippen LogP contribution < -0.4 is 15.3 Å². The van der Waals surface area contributed by atoms with Crippen molar-refractivity contribution in [2.24, 2.45) is 0 Å². The van der Waals surface area contributed by atoms with Crippen molar-refractivity contribution in [3.63, 3.8) is 0 Å². The van der Waals surface area contributed by atoms with Gasteiger partial charge in [0, 0.05) is 49.4 Å². The van der Waals surface area contributed by atoms with Crippen molar-refractivity contribution in [2.75, 3.05) is 44.7 Å². The van der Waals surface area contributed by atoms with E-state index in [2.05, 4.69) is 27.8 Å². The topological polar surface area (TPSA) is 58.8 Å². The Bertz CT molecular complexity index is 1010. The highest BCUT2D eigenvalue weighted by Gasteiger charge is 2.17. The average molecular weight is 365 g/mol. The first kappa shape index (κ1) is 17.5. The van der Waals surface area contributed by atoms with Gasteiger partial charge in [0.15, 0.2) is 0 Å². The molecule has 6 nitrogen and oxygen atoms in total. The van der Waals surface area contributed by atoms with Gasteiger partial charge in [-0.15, -0.1) is 0 Å². The molecular formula is C21H23N3O3. The fraction of sp³-hybridized carbons (Fsp3) is 0.333. The highest BCUT2D eigenvalue weighted by Crippen LogP contribution is 2.26. The monoisotopic (exact) mass is 365 g/mol. The quantitative estimate of drug-likeness (QED) is 0.663. The maximum atomic E-state index is 12.5. The summed E-state index contributed by atoms with van der Waals surface area (Å²) in [7, 11) is 1.55. The molecule has 0 bridgehead atoms. The van der Waals surface area contributed by atoms with Gasteiger partial charge in [0.2, 0.25) is 5.88 Å². The molecule has 1 saturated heterocycles. The summed E-state index contributed by atoms with van der Waals surface area (Å²) in [6, 6.07) is 13.2. The number of ether oxygens (including phenoxy) is 1. The minimum atomic E-state index is -0.392. The fourth-order valence-electron chi connectivity index (χ4n) is 3.48. The largest absolute Gasteiger partial charge is 0.481 e. The molecule has 0 spiro atoms. The number of fused-ring (bicyclic) bond motifs is 1. The third-order valence-corrected chi connectivity index (χ3v) is 5.11. The number of pyridine rings is 1. The lowest BCUT2D eigenvalue weighted by Gasteiger charge is -2.35. The molecule has 140 valence electrons. The Kier molecular flexibility index (Phi) is 4.81. The molecule has 27 heavy (non-hydrogen) atoms. The van der Waals surface area contributed by atoms with Crippen LogP contribution in [0.3, 0.4) is 0 Å². The van der Waals surface area contributed by atoms with E-state index in [-0.39, 0.29) is 0 Å². The van der Waals surface area contributed by atoms with Crippen molar-refractivity contribution >= 4 is 16.7 Å². The third kappa shape index (κ3) is 3.53. The maximum absolute atomic E-state index is 12.5. The van der Waals surface area contributed by atoms with Crippen molar-refractivity contribution in [2.45, 2.75) is 6.92 Å². The number of likely N-dealkylation sites (N-methyl/N-ethyl adjacent to an activating group) is 1. The van der Waals surface area contributed by atoms with E-state index in [1.807, 2.05) is 24.3 Å². The summed E-state index contributed by atoms with van der Waals surface area (Å²) in [5, 5.41) is 0.880. The molecule has 2 aromatic heterocycles. The van der Waals surface area contributed by atoms with Crippen molar-refractivity contribution < 1.29 is 9.15 Å². The normalized spacial score (nSPS) is 15.3. The Hall–Kier alpha value is -2.86. The lowest BCUT2D eigenvalue weighted by Crippen LogP contribution is -2.46. The van der Waals surface area contributed by atoms with Crippen LogP contribution in [0.4, 0.5) is 5.69 Å². The van der Waals surface area contributed by atoms with Crippen molar-refractivity contribution in [3.05, 3.63) is 52.9 Å². The SMILES string of the molecule is CCN1CCN(c2ccc3cc(-c4cccc(OC)n4)c(=O)oc3c2)CC1. The van der Waals surface area contributed by atoms with Crippen LogP contribution in [0, 0.1) is 0 Å². The van der Waals surface area contributed by atoms with E-state index in [4.69, 9.17) is 9.15 Å². The molecule has 1 aromatic carbocycles. The van der Waals surface area contributed by atoms with Gasteiger partial charge in [0.05, 0.1) is 18.4 Å². The van der Waals surface area contributed by atoms with E-state index in [1.54, 1.807) is 19.2 Å².